The summed E-state index contributed by atoms with van der Waals surface area (Å²) in [5, 5.41) is 0. The molecule has 5 heteroatoms. The van der Waals surface area contributed by atoms with Crippen molar-refractivity contribution in [3.05, 3.63) is 12.2 Å². The summed E-state index contributed by atoms with van der Waals surface area (Å²) in [5.41, 5.74) is 16.3. The lowest BCUT2D eigenvalue weighted by Gasteiger charge is -1.93. The van der Waals surface area contributed by atoms with E-state index in [1.807, 2.05) is 6.92 Å². The van der Waals surface area contributed by atoms with Crippen molar-refractivity contribution in [3.63, 3.8) is 0 Å². The van der Waals surface area contributed by atoms with Crippen LogP contribution in [0.5, 0.6) is 0 Å². The first-order valence-corrected chi connectivity index (χ1v) is 3.06. The van der Waals surface area contributed by atoms with Gasteiger partial charge in [-0.25, -0.2) is 4.99 Å². The average molecular weight is 155 g/mol. The Morgan fingerprint density at radius 3 is 2.27 bits per heavy atom. The predicted molar refractivity (Wildman–Crippen MR) is 47.1 cm³/mol. The lowest BCUT2D eigenvalue weighted by molar-refractivity contribution is 1.12. The fourth-order valence-electron chi connectivity index (χ4n) is 0.384. The lowest BCUT2D eigenvalue weighted by atomic mass is 10.4. The molecule has 0 aliphatic heterocycles. The average Bonchev–Trinajstić information content (AvgIpc) is 1.82. The van der Waals surface area contributed by atoms with E-state index in [2.05, 4.69) is 16.6 Å². The van der Waals surface area contributed by atoms with E-state index in [9.17, 15) is 0 Å². The number of nitrogens with zero attached hydrogens (tertiary/aromatic N) is 2. The maximum Gasteiger partial charge on any atom is 0.218 e. The van der Waals surface area contributed by atoms with Crippen molar-refractivity contribution in [3.8, 4) is 0 Å². The molecule has 0 aromatic rings. The molecular formula is C6H13N5. The first-order chi connectivity index (χ1) is 5.02. The molecule has 0 saturated carbocycles. The molecule has 0 aromatic heterocycles. The van der Waals surface area contributed by atoms with Gasteiger partial charge in [0, 0.05) is 0 Å². The Hall–Kier alpha value is -1.52. The van der Waals surface area contributed by atoms with Crippen LogP contribution in [0.15, 0.2) is 22.1 Å². The van der Waals surface area contributed by atoms with Crippen molar-refractivity contribution >= 4 is 11.9 Å². The van der Waals surface area contributed by atoms with Crippen LogP contribution in [0.1, 0.15) is 6.92 Å². The van der Waals surface area contributed by atoms with Crippen LogP contribution in [-0.4, -0.2) is 18.5 Å². The number of hydrogen-bond donors (Lipinski definition) is 3. The molecule has 62 valence electrons. The Labute approximate surface area is 65.7 Å². The van der Waals surface area contributed by atoms with Gasteiger partial charge in [0.1, 0.15) is 0 Å². The molecule has 0 aromatic carbocycles. The van der Waals surface area contributed by atoms with E-state index in [0.29, 0.717) is 6.54 Å². The van der Waals surface area contributed by atoms with Gasteiger partial charge in [-0.05, 0) is 6.92 Å². The fraction of sp³-hybridized carbons (Fsp3) is 0.333. The summed E-state index contributed by atoms with van der Waals surface area (Å²) in [4.78, 5) is 7.32. The summed E-state index contributed by atoms with van der Waals surface area (Å²) in [7, 11) is 0. The van der Waals surface area contributed by atoms with Crippen molar-refractivity contribution < 1.29 is 0 Å². The first kappa shape index (κ1) is 9.48. The highest BCUT2D eigenvalue weighted by molar-refractivity contribution is 5.92. The zero-order chi connectivity index (χ0) is 8.85. The van der Waals surface area contributed by atoms with Gasteiger partial charge in [-0.3, -0.25) is 0 Å². The Morgan fingerprint density at radius 2 is 1.91 bits per heavy atom. The van der Waals surface area contributed by atoms with E-state index in [-0.39, 0.29) is 11.9 Å². The first-order valence-electron chi connectivity index (χ1n) is 3.06. The zero-order valence-electron chi connectivity index (χ0n) is 6.54. The van der Waals surface area contributed by atoms with Crippen molar-refractivity contribution in [2.45, 2.75) is 6.92 Å². The van der Waals surface area contributed by atoms with Gasteiger partial charge in [0.15, 0.2) is 5.96 Å². The molecule has 0 aliphatic rings. The van der Waals surface area contributed by atoms with E-state index < -0.39 is 0 Å². The van der Waals surface area contributed by atoms with E-state index in [0.717, 1.165) is 5.57 Å². The summed E-state index contributed by atoms with van der Waals surface area (Å²) < 4.78 is 0. The van der Waals surface area contributed by atoms with Crippen LogP contribution in [-0.2, 0) is 0 Å². The fourth-order valence-corrected chi connectivity index (χ4v) is 0.384. The monoisotopic (exact) mass is 155 g/mol. The number of aliphatic imine (C=N–C) groups is 2. The van der Waals surface area contributed by atoms with Gasteiger partial charge in [-0.1, -0.05) is 12.2 Å². The molecule has 0 spiro atoms. The van der Waals surface area contributed by atoms with Gasteiger partial charge in [0.2, 0.25) is 5.96 Å². The summed E-state index contributed by atoms with van der Waals surface area (Å²) in [6, 6.07) is 0. The molecular weight excluding hydrogens is 142 g/mol. The van der Waals surface area contributed by atoms with Gasteiger partial charge in [-0.15, -0.1) is 0 Å². The molecule has 5 nitrogen and oxygen atoms in total. The highest BCUT2D eigenvalue weighted by Crippen LogP contribution is 1.86. The lowest BCUT2D eigenvalue weighted by Crippen LogP contribution is -2.26. The van der Waals surface area contributed by atoms with Crippen molar-refractivity contribution in [1.29, 1.82) is 0 Å². The third kappa shape index (κ3) is 6.36. The topological polar surface area (TPSA) is 103 Å². The second-order valence-electron chi connectivity index (χ2n) is 2.17. The summed E-state index contributed by atoms with van der Waals surface area (Å²) >= 11 is 0. The summed E-state index contributed by atoms with van der Waals surface area (Å²) in [6.07, 6.45) is 0. The minimum atomic E-state index is -0.0898. The van der Waals surface area contributed by atoms with E-state index in [4.69, 9.17) is 17.2 Å². The Balaban J connectivity index is 4.02. The number of guanidine groups is 2. The van der Waals surface area contributed by atoms with Crippen molar-refractivity contribution in [1.82, 2.24) is 0 Å². The number of nitrogens with two attached hydrogens (primary N) is 3. The zero-order valence-corrected chi connectivity index (χ0v) is 6.54. The standard InChI is InChI=1S/C6H13N5/c1-4(2)3-10-6(9)11-5(7)8/h1,3H2,2H3,(H6,7,8,9,10,11). The van der Waals surface area contributed by atoms with E-state index in [1.54, 1.807) is 0 Å². The summed E-state index contributed by atoms with van der Waals surface area (Å²) in [6.45, 7) is 5.92. The molecule has 0 saturated heterocycles. The van der Waals surface area contributed by atoms with E-state index in [1.165, 1.54) is 0 Å². The van der Waals surface area contributed by atoms with Crippen LogP contribution in [0.4, 0.5) is 0 Å². The van der Waals surface area contributed by atoms with Crippen molar-refractivity contribution in [2.24, 2.45) is 27.2 Å². The molecule has 0 bridgehead atoms. The third-order valence-electron chi connectivity index (χ3n) is 0.755. The largest absolute Gasteiger partial charge is 0.370 e. The molecule has 0 unspecified atom stereocenters. The smallest absolute Gasteiger partial charge is 0.218 e. The van der Waals surface area contributed by atoms with Gasteiger partial charge in [-0.2, -0.15) is 4.99 Å². The molecule has 0 fully saturated rings. The van der Waals surface area contributed by atoms with Crippen LogP contribution in [0, 0.1) is 0 Å². The quantitative estimate of drug-likeness (QED) is 0.275. The molecule has 0 rings (SSSR count). The minimum absolute atomic E-state index is 0.0769. The van der Waals surface area contributed by atoms with Crippen LogP contribution < -0.4 is 17.2 Å². The van der Waals surface area contributed by atoms with Gasteiger partial charge >= 0.3 is 0 Å². The van der Waals surface area contributed by atoms with E-state index >= 15 is 0 Å². The molecule has 0 amide bonds. The minimum Gasteiger partial charge on any atom is -0.370 e. The molecule has 0 aliphatic carbocycles. The van der Waals surface area contributed by atoms with Crippen LogP contribution >= 0.6 is 0 Å². The third-order valence-corrected chi connectivity index (χ3v) is 0.755. The molecule has 6 N–H and O–H groups in total. The highest BCUT2D eigenvalue weighted by atomic mass is 15.1. The van der Waals surface area contributed by atoms with Crippen LogP contribution in [0.25, 0.3) is 0 Å². The number of hydrogen-bond acceptors (Lipinski definition) is 1. The molecule has 0 atom stereocenters. The Bertz CT molecular complexity index is 199. The predicted octanol–water partition coefficient (Wildman–Crippen LogP) is -0.849. The second-order valence-corrected chi connectivity index (χ2v) is 2.17. The maximum absolute atomic E-state index is 5.28. The molecule has 0 heterocycles. The SMILES string of the molecule is C=C(C)CN=C(N)N=C(N)N. The molecule has 0 radical (unpaired) electrons. The number of rotatable bonds is 2. The maximum atomic E-state index is 5.28. The Morgan fingerprint density at radius 1 is 1.36 bits per heavy atom. The van der Waals surface area contributed by atoms with Crippen LogP contribution in [0.2, 0.25) is 0 Å². The normalized spacial score (nSPS) is 10.8. The summed E-state index contributed by atoms with van der Waals surface area (Å²) in [5.74, 6) is -0.0130. The van der Waals surface area contributed by atoms with Gasteiger partial charge < -0.3 is 17.2 Å². The Kier molecular flexibility index (Phi) is 3.72. The van der Waals surface area contributed by atoms with Crippen LogP contribution in [0.3, 0.4) is 0 Å². The second kappa shape index (κ2) is 4.32. The molecule has 11 heavy (non-hydrogen) atoms. The van der Waals surface area contributed by atoms with Crippen molar-refractivity contribution in [2.75, 3.05) is 6.54 Å². The van der Waals surface area contributed by atoms with Gasteiger partial charge in [0.25, 0.3) is 0 Å². The van der Waals surface area contributed by atoms with Gasteiger partial charge in [0.05, 0.1) is 6.54 Å². The highest BCUT2D eigenvalue weighted by Gasteiger charge is 1.87.